The van der Waals surface area contributed by atoms with Crippen molar-refractivity contribution in [1.29, 1.82) is 0 Å². The summed E-state index contributed by atoms with van der Waals surface area (Å²) in [6, 6.07) is 8.85. The van der Waals surface area contributed by atoms with Crippen molar-refractivity contribution in [3.8, 4) is 0 Å². The molecule has 3 rings (SSSR count). The molecule has 1 aliphatic heterocycles. The highest BCUT2D eigenvalue weighted by Crippen LogP contribution is 2.38. The van der Waals surface area contributed by atoms with Crippen molar-refractivity contribution in [1.82, 2.24) is 10.2 Å². The summed E-state index contributed by atoms with van der Waals surface area (Å²) in [7, 11) is 0. The molecule has 0 bridgehead atoms. The van der Waals surface area contributed by atoms with E-state index < -0.39 is 23.6 Å². The van der Waals surface area contributed by atoms with Gasteiger partial charge in [-0.2, -0.15) is 0 Å². The number of amides is 3. The fourth-order valence-corrected chi connectivity index (χ4v) is 3.79. The molecule has 1 N–H and O–H groups in total. The highest BCUT2D eigenvalue weighted by Gasteiger charge is 2.55. The molecule has 1 aromatic rings. The van der Waals surface area contributed by atoms with Crippen molar-refractivity contribution < 1.29 is 19.1 Å². The predicted octanol–water partition coefficient (Wildman–Crippen LogP) is 2.79. The molecule has 1 spiro atoms. The zero-order chi connectivity index (χ0) is 18.0. The van der Waals surface area contributed by atoms with E-state index in [-0.39, 0.29) is 18.4 Å². The molecule has 1 heterocycles. The smallest absolute Gasteiger partial charge is 0.326 e. The Morgan fingerprint density at radius 3 is 2.72 bits per heavy atom. The maximum Gasteiger partial charge on any atom is 0.326 e. The number of ether oxygens (including phenoxy) is 1. The van der Waals surface area contributed by atoms with Gasteiger partial charge in [0.15, 0.2) is 0 Å². The average molecular weight is 344 g/mol. The Balaban J connectivity index is 1.65. The van der Waals surface area contributed by atoms with Crippen LogP contribution in [-0.2, 0) is 14.3 Å². The van der Waals surface area contributed by atoms with Gasteiger partial charge in [-0.1, -0.05) is 50.1 Å². The fraction of sp³-hybridized carbons (Fsp3) is 0.526. The molecule has 0 radical (unpaired) electrons. The normalized spacial score (nSPS) is 27.3. The summed E-state index contributed by atoms with van der Waals surface area (Å²) in [6.07, 6.45) is 3.06. The van der Waals surface area contributed by atoms with Crippen LogP contribution in [0.4, 0.5) is 4.79 Å². The van der Waals surface area contributed by atoms with E-state index in [0.717, 1.165) is 29.7 Å². The number of esters is 1. The van der Waals surface area contributed by atoms with Gasteiger partial charge in [0.25, 0.3) is 5.91 Å². The van der Waals surface area contributed by atoms with Crippen molar-refractivity contribution in [2.75, 3.05) is 6.54 Å². The van der Waals surface area contributed by atoms with Gasteiger partial charge in [-0.25, -0.2) is 4.79 Å². The minimum Gasteiger partial charge on any atom is -0.456 e. The van der Waals surface area contributed by atoms with Gasteiger partial charge in [-0.15, -0.1) is 0 Å². The molecule has 2 aliphatic rings. The molecule has 134 valence electrons. The number of carbonyl (C=O) groups is 3. The van der Waals surface area contributed by atoms with Gasteiger partial charge >= 0.3 is 12.0 Å². The van der Waals surface area contributed by atoms with Gasteiger partial charge in [0.1, 0.15) is 18.2 Å². The van der Waals surface area contributed by atoms with E-state index in [0.29, 0.717) is 6.42 Å². The summed E-state index contributed by atoms with van der Waals surface area (Å²) in [5.74, 6) is -0.809. The quantitative estimate of drug-likeness (QED) is 0.673. The Morgan fingerprint density at radius 2 is 2.04 bits per heavy atom. The van der Waals surface area contributed by atoms with Gasteiger partial charge in [-0.05, 0) is 31.2 Å². The van der Waals surface area contributed by atoms with Crippen LogP contribution in [0, 0.1) is 5.92 Å². The first-order valence-electron chi connectivity index (χ1n) is 8.82. The van der Waals surface area contributed by atoms with Crippen LogP contribution in [0.2, 0.25) is 0 Å². The van der Waals surface area contributed by atoms with E-state index in [2.05, 4.69) is 5.32 Å². The Labute approximate surface area is 147 Å². The summed E-state index contributed by atoms with van der Waals surface area (Å²) < 4.78 is 5.38. The Hall–Kier alpha value is -2.37. The van der Waals surface area contributed by atoms with E-state index in [1.54, 1.807) is 6.92 Å². The van der Waals surface area contributed by atoms with Crippen molar-refractivity contribution in [3.63, 3.8) is 0 Å². The molecule has 0 aromatic heterocycles. The van der Waals surface area contributed by atoms with Crippen molar-refractivity contribution >= 4 is 17.9 Å². The van der Waals surface area contributed by atoms with Gasteiger partial charge in [-0.3, -0.25) is 14.5 Å². The largest absolute Gasteiger partial charge is 0.456 e. The monoisotopic (exact) mass is 344 g/mol. The third-order valence-corrected chi connectivity index (χ3v) is 5.37. The first kappa shape index (κ1) is 17.5. The van der Waals surface area contributed by atoms with Crippen LogP contribution in [0.5, 0.6) is 0 Å². The Kier molecular flexibility index (Phi) is 4.79. The molecule has 6 heteroatoms. The molecule has 6 nitrogen and oxygen atoms in total. The lowest BCUT2D eigenvalue weighted by Gasteiger charge is -2.36. The second-order valence-electron chi connectivity index (χ2n) is 6.98. The first-order chi connectivity index (χ1) is 11.9. The van der Waals surface area contributed by atoms with Crippen molar-refractivity contribution in [3.05, 3.63) is 35.9 Å². The third-order valence-electron chi connectivity index (χ3n) is 5.37. The summed E-state index contributed by atoms with van der Waals surface area (Å²) in [4.78, 5) is 38.3. The molecule has 1 saturated heterocycles. The standard InChI is InChI=1S/C19H24N2O4/c1-13-8-6-7-11-19(13)17(23)21(18(24)20-19)12-16(22)25-14(2)15-9-4-3-5-10-15/h3-5,9-10,13-14H,6-8,11-12H2,1-2H3,(H,20,24)/t13-,14+,19+/m1/s1. The number of urea groups is 1. The van der Waals surface area contributed by atoms with Crippen molar-refractivity contribution in [2.45, 2.75) is 51.2 Å². The Bertz CT molecular complexity index is 675. The van der Waals surface area contributed by atoms with Gasteiger partial charge in [0, 0.05) is 0 Å². The lowest BCUT2D eigenvalue weighted by molar-refractivity contribution is -0.152. The van der Waals surface area contributed by atoms with Gasteiger partial charge in [0.2, 0.25) is 0 Å². The van der Waals surface area contributed by atoms with E-state index in [9.17, 15) is 14.4 Å². The number of hydrogen-bond acceptors (Lipinski definition) is 4. The summed E-state index contributed by atoms with van der Waals surface area (Å²) >= 11 is 0. The number of benzene rings is 1. The number of hydrogen-bond donors (Lipinski definition) is 1. The van der Waals surface area contributed by atoms with E-state index >= 15 is 0 Å². The first-order valence-corrected chi connectivity index (χ1v) is 8.82. The maximum atomic E-state index is 12.8. The molecule has 0 unspecified atom stereocenters. The van der Waals surface area contributed by atoms with Crippen molar-refractivity contribution in [2.24, 2.45) is 5.92 Å². The number of nitrogens with zero attached hydrogens (tertiary/aromatic N) is 1. The highest BCUT2D eigenvalue weighted by atomic mass is 16.5. The molecule has 1 saturated carbocycles. The molecule has 1 aromatic carbocycles. The second-order valence-corrected chi connectivity index (χ2v) is 6.98. The second kappa shape index (κ2) is 6.86. The zero-order valence-electron chi connectivity index (χ0n) is 14.7. The topological polar surface area (TPSA) is 75.7 Å². The third kappa shape index (κ3) is 3.25. The van der Waals surface area contributed by atoms with E-state index in [4.69, 9.17) is 4.74 Å². The lowest BCUT2D eigenvalue weighted by atomic mass is 9.73. The van der Waals surface area contributed by atoms with Crippen LogP contribution in [0.3, 0.4) is 0 Å². The van der Waals surface area contributed by atoms with Crippen LogP contribution in [0.1, 0.15) is 51.2 Å². The SMILES string of the molecule is C[C@H](OC(=O)CN1C(=O)N[C@]2(CCCC[C@H]2C)C1=O)c1ccccc1. The van der Waals surface area contributed by atoms with E-state index in [1.165, 1.54) is 0 Å². The molecule has 2 fully saturated rings. The highest BCUT2D eigenvalue weighted by molar-refractivity contribution is 6.08. The van der Waals surface area contributed by atoms with Crippen LogP contribution >= 0.6 is 0 Å². The minimum absolute atomic E-state index is 0.0713. The molecular weight excluding hydrogens is 320 g/mol. The number of carbonyl (C=O) groups excluding carboxylic acids is 3. The summed E-state index contributed by atoms with van der Waals surface area (Å²) in [5.41, 5.74) is 0.0196. The van der Waals surface area contributed by atoms with Crippen LogP contribution in [-0.4, -0.2) is 34.9 Å². The van der Waals surface area contributed by atoms with Gasteiger partial charge in [0.05, 0.1) is 0 Å². The maximum absolute atomic E-state index is 12.8. The van der Waals surface area contributed by atoms with Crippen LogP contribution in [0.15, 0.2) is 30.3 Å². The van der Waals surface area contributed by atoms with E-state index in [1.807, 2.05) is 37.3 Å². The molecule has 3 amide bonds. The van der Waals surface area contributed by atoms with Crippen LogP contribution < -0.4 is 5.32 Å². The zero-order valence-corrected chi connectivity index (χ0v) is 14.7. The van der Waals surface area contributed by atoms with Gasteiger partial charge < -0.3 is 10.1 Å². The fourth-order valence-electron chi connectivity index (χ4n) is 3.79. The Morgan fingerprint density at radius 1 is 1.32 bits per heavy atom. The summed E-state index contributed by atoms with van der Waals surface area (Å²) in [5, 5.41) is 2.84. The molecule has 1 aliphatic carbocycles. The predicted molar refractivity (Wildman–Crippen MR) is 91.6 cm³/mol. The lowest BCUT2D eigenvalue weighted by Crippen LogP contribution is -2.54. The minimum atomic E-state index is -0.847. The van der Waals surface area contributed by atoms with Crippen LogP contribution in [0.25, 0.3) is 0 Å². The number of nitrogens with one attached hydrogen (secondary N) is 1. The summed E-state index contributed by atoms with van der Waals surface area (Å²) in [6.45, 7) is 3.40. The molecule has 3 atom stereocenters. The molecular formula is C19H24N2O4. The molecule has 25 heavy (non-hydrogen) atoms. The average Bonchev–Trinajstić information content (AvgIpc) is 2.83. The number of imide groups is 1. The number of rotatable bonds is 4.